The molecule has 1 aromatic heterocycles. The maximum atomic E-state index is 4.33. The highest BCUT2D eigenvalue weighted by Crippen LogP contribution is 2.42. The maximum absolute atomic E-state index is 4.33. The van der Waals surface area contributed by atoms with Gasteiger partial charge < -0.3 is 4.98 Å². The summed E-state index contributed by atoms with van der Waals surface area (Å²) in [5.41, 5.74) is 4.21. The summed E-state index contributed by atoms with van der Waals surface area (Å²) < 4.78 is 0. The first-order valence-corrected chi connectivity index (χ1v) is 9.32. The predicted octanol–water partition coefficient (Wildman–Crippen LogP) is 4.33. The van der Waals surface area contributed by atoms with Gasteiger partial charge in [0, 0.05) is 17.1 Å². The number of aryl methyl sites for hydroxylation is 1. The Labute approximate surface area is 104 Å². The summed E-state index contributed by atoms with van der Waals surface area (Å²) in [6.45, 7) is 5.82. The Bertz CT molecular complexity index is 559. The number of nitrogens with one attached hydrogen (secondary N) is 1. The van der Waals surface area contributed by atoms with Gasteiger partial charge in [0.05, 0.1) is 0 Å². The second kappa shape index (κ2) is 4.74. The Morgan fingerprint density at radius 3 is 2.65 bits per heavy atom. The van der Waals surface area contributed by atoms with Crippen LogP contribution in [0.4, 0.5) is 0 Å². The fourth-order valence-corrected chi connectivity index (χ4v) is 3.58. The van der Waals surface area contributed by atoms with E-state index in [2.05, 4.69) is 55.9 Å². The highest BCUT2D eigenvalue weighted by molar-refractivity contribution is 7.71. The second-order valence-corrected chi connectivity index (χ2v) is 9.69. The van der Waals surface area contributed by atoms with Crippen LogP contribution in [0.3, 0.4) is 0 Å². The summed E-state index contributed by atoms with van der Waals surface area (Å²) in [5.74, 6) is 0. The molecule has 92 valence electrons. The Morgan fingerprint density at radius 1 is 1.24 bits per heavy atom. The lowest BCUT2D eigenvalue weighted by Crippen LogP contribution is -1.90. The van der Waals surface area contributed by atoms with E-state index in [4.69, 9.17) is 0 Å². The molecule has 0 aliphatic heterocycles. The zero-order valence-electron chi connectivity index (χ0n) is 11.1. The summed E-state index contributed by atoms with van der Waals surface area (Å²) in [4.78, 5) is 3.39. The zero-order valence-corrected chi connectivity index (χ0v) is 12.0. The Morgan fingerprint density at radius 2 is 2.00 bits per heavy atom. The molecule has 0 aliphatic rings. The number of aromatic amines is 1. The SMILES string of the molecule is C=P(C)(C)Cc1cccc2[nH]cc(CCC)c12. The molecule has 0 fully saturated rings. The summed E-state index contributed by atoms with van der Waals surface area (Å²) in [6, 6.07) is 6.59. The van der Waals surface area contributed by atoms with Crippen molar-refractivity contribution in [1.29, 1.82) is 0 Å². The van der Waals surface area contributed by atoms with Gasteiger partial charge in [-0.3, -0.25) is 0 Å². The van der Waals surface area contributed by atoms with E-state index in [-0.39, 0.29) is 0 Å². The molecule has 0 saturated carbocycles. The first kappa shape index (κ1) is 12.5. The lowest BCUT2D eigenvalue weighted by molar-refractivity contribution is 0.928. The fourth-order valence-electron chi connectivity index (χ4n) is 2.40. The third-order valence-electron chi connectivity index (χ3n) is 2.99. The van der Waals surface area contributed by atoms with Crippen molar-refractivity contribution in [2.75, 3.05) is 13.3 Å². The van der Waals surface area contributed by atoms with Crippen molar-refractivity contribution in [2.24, 2.45) is 0 Å². The molecule has 0 radical (unpaired) electrons. The molecule has 0 saturated heterocycles. The first-order valence-electron chi connectivity index (χ1n) is 6.26. The van der Waals surface area contributed by atoms with Gasteiger partial charge in [-0.2, -0.15) is 0 Å². The van der Waals surface area contributed by atoms with E-state index < -0.39 is 6.89 Å². The Kier molecular flexibility index (Phi) is 3.49. The van der Waals surface area contributed by atoms with Crippen molar-refractivity contribution in [1.82, 2.24) is 4.98 Å². The summed E-state index contributed by atoms with van der Waals surface area (Å²) >= 11 is 0. The van der Waals surface area contributed by atoms with E-state index in [0.29, 0.717) is 0 Å². The summed E-state index contributed by atoms with van der Waals surface area (Å²) in [7, 11) is 0. The van der Waals surface area contributed by atoms with Gasteiger partial charge in [-0.05, 0) is 43.1 Å². The van der Waals surface area contributed by atoms with Crippen LogP contribution in [0, 0.1) is 0 Å². The van der Waals surface area contributed by atoms with Crippen molar-refractivity contribution in [3.8, 4) is 0 Å². The van der Waals surface area contributed by atoms with Crippen LogP contribution in [0.25, 0.3) is 10.9 Å². The molecule has 2 heteroatoms. The molecule has 0 unspecified atom stereocenters. The molecule has 1 nitrogen and oxygen atoms in total. The fraction of sp³-hybridized carbons (Fsp3) is 0.400. The standard InChI is InChI=1S/C15H22NP/c1-5-7-12-10-16-14-9-6-8-13(15(12)14)11-17(2,3)4/h6,8-10,16H,2,5,7,11H2,1,3-4H3. The van der Waals surface area contributed by atoms with Crippen LogP contribution in [0.5, 0.6) is 0 Å². The largest absolute Gasteiger partial charge is 0.361 e. The van der Waals surface area contributed by atoms with Gasteiger partial charge in [0.2, 0.25) is 0 Å². The van der Waals surface area contributed by atoms with Crippen molar-refractivity contribution < 1.29 is 0 Å². The van der Waals surface area contributed by atoms with Gasteiger partial charge in [-0.1, -0.05) is 25.5 Å². The first-order chi connectivity index (χ1) is 8.01. The van der Waals surface area contributed by atoms with Gasteiger partial charge in [0.15, 0.2) is 0 Å². The Hall–Kier alpha value is -0.940. The lowest BCUT2D eigenvalue weighted by atomic mass is 10.0. The monoisotopic (exact) mass is 247 g/mol. The van der Waals surface area contributed by atoms with Crippen LogP contribution in [0.2, 0.25) is 0 Å². The van der Waals surface area contributed by atoms with Crippen molar-refractivity contribution in [2.45, 2.75) is 25.9 Å². The molecule has 1 aromatic carbocycles. The molecule has 17 heavy (non-hydrogen) atoms. The number of hydrogen-bond donors (Lipinski definition) is 1. The molecule has 1 N–H and O–H groups in total. The van der Waals surface area contributed by atoms with Crippen molar-refractivity contribution >= 4 is 24.1 Å². The highest BCUT2D eigenvalue weighted by Gasteiger charge is 2.10. The molecule has 0 amide bonds. The minimum Gasteiger partial charge on any atom is -0.361 e. The van der Waals surface area contributed by atoms with Crippen LogP contribution < -0.4 is 0 Å². The average molecular weight is 247 g/mol. The van der Waals surface area contributed by atoms with E-state index in [1.165, 1.54) is 28.5 Å². The van der Waals surface area contributed by atoms with Gasteiger partial charge in [-0.15, -0.1) is 13.2 Å². The molecule has 2 rings (SSSR count). The van der Waals surface area contributed by atoms with Gasteiger partial charge in [0.25, 0.3) is 0 Å². The van der Waals surface area contributed by atoms with Crippen LogP contribution in [0.15, 0.2) is 24.4 Å². The quantitative estimate of drug-likeness (QED) is 0.774. The zero-order chi connectivity index (χ0) is 12.5. The lowest BCUT2D eigenvalue weighted by Gasteiger charge is -2.14. The molecule has 0 atom stereocenters. The molecule has 0 spiro atoms. The number of aromatic nitrogens is 1. The predicted molar refractivity (Wildman–Crippen MR) is 81.9 cm³/mol. The number of H-pyrrole nitrogens is 1. The number of hydrogen-bond acceptors (Lipinski definition) is 0. The third-order valence-corrected chi connectivity index (χ3v) is 4.19. The molecule has 0 aliphatic carbocycles. The van der Waals surface area contributed by atoms with E-state index >= 15 is 0 Å². The molecule has 0 bridgehead atoms. The van der Waals surface area contributed by atoms with Crippen LogP contribution >= 0.6 is 6.89 Å². The smallest absolute Gasteiger partial charge is 0.0459 e. The van der Waals surface area contributed by atoms with Gasteiger partial charge in [0.1, 0.15) is 0 Å². The van der Waals surface area contributed by atoms with Gasteiger partial charge >= 0.3 is 0 Å². The molecular weight excluding hydrogens is 225 g/mol. The topological polar surface area (TPSA) is 15.8 Å². The number of fused-ring (bicyclic) bond motifs is 1. The summed E-state index contributed by atoms with van der Waals surface area (Å²) in [6.07, 6.45) is 10.0. The van der Waals surface area contributed by atoms with E-state index in [9.17, 15) is 0 Å². The molecular formula is C15H22NP. The Balaban J connectivity index is 2.54. The normalized spacial score (nSPS) is 12.2. The van der Waals surface area contributed by atoms with Crippen LogP contribution in [0.1, 0.15) is 24.5 Å². The maximum Gasteiger partial charge on any atom is 0.0459 e. The third kappa shape index (κ3) is 2.84. The van der Waals surface area contributed by atoms with E-state index in [0.717, 1.165) is 12.6 Å². The molecule has 1 heterocycles. The number of rotatable bonds is 4. The minimum atomic E-state index is -1.02. The highest BCUT2D eigenvalue weighted by atomic mass is 31.2. The number of benzene rings is 1. The van der Waals surface area contributed by atoms with Crippen LogP contribution in [-0.2, 0) is 12.6 Å². The van der Waals surface area contributed by atoms with Crippen molar-refractivity contribution in [3.63, 3.8) is 0 Å². The van der Waals surface area contributed by atoms with Crippen LogP contribution in [-0.4, -0.2) is 24.6 Å². The second-order valence-electron chi connectivity index (χ2n) is 5.50. The average Bonchev–Trinajstić information content (AvgIpc) is 2.61. The van der Waals surface area contributed by atoms with Crippen molar-refractivity contribution in [3.05, 3.63) is 35.5 Å². The summed E-state index contributed by atoms with van der Waals surface area (Å²) in [5, 5.41) is 1.45. The molecule has 2 aromatic rings. The van der Waals surface area contributed by atoms with E-state index in [1.807, 2.05) is 0 Å². The minimum absolute atomic E-state index is 1.02. The van der Waals surface area contributed by atoms with Gasteiger partial charge in [-0.25, -0.2) is 0 Å². The van der Waals surface area contributed by atoms with E-state index in [1.54, 1.807) is 0 Å².